The molecular weight excluding hydrogens is 472 g/mol. The number of nitrogens with zero attached hydrogens (tertiary/aromatic N) is 1. The second-order valence-corrected chi connectivity index (χ2v) is 10.3. The third kappa shape index (κ3) is 4.74. The zero-order chi connectivity index (χ0) is 25.1. The number of hydrogen-bond donors (Lipinski definition) is 1. The molecule has 7 heteroatoms. The molecule has 0 amide bonds. The van der Waals surface area contributed by atoms with Gasteiger partial charge in [0, 0.05) is 17.5 Å². The SMILES string of the molecule is Cc1ccc(CN2c3ccccc3C(=O)C(=CNc3ccc(Oc4ccccc4)cc3)S2(=O)=O)cc1. The van der Waals surface area contributed by atoms with Crippen LogP contribution in [0, 0.1) is 6.92 Å². The number of allylic oxidation sites excluding steroid dienone is 1. The van der Waals surface area contributed by atoms with Gasteiger partial charge >= 0.3 is 0 Å². The number of benzene rings is 4. The van der Waals surface area contributed by atoms with E-state index in [2.05, 4.69) is 5.32 Å². The molecule has 0 unspecified atom stereocenters. The maximum atomic E-state index is 13.6. The number of Topliss-reactive ketones (excluding diaryl/α,β-unsaturated/α-hetero) is 1. The van der Waals surface area contributed by atoms with Gasteiger partial charge in [-0.15, -0.1) is 0 Å². The molecule has 4 aromatic carbocycles. The van der Waals surface area contributed by atoms with Crippen molar-refractivity contribution in [3.8, 4) is 11.5 Å². The number of ketones is 1. The summed E-state index contributed by atoms with van der Waals surface area (Å²) in [5.74, 6) is 0.813. The maximum absolute atomic E-state index is 13.6. The zero-order valence-corrected chi connectivity index (χ0v) is 20.4. The maximum Gasteiger partial charge on any atom is 0.270 e. The first-order valence-electron chi connectivity index (χ1n) is 11.4. The van der Waals surface area contributed by atoms with Crippen LogP contribution in [0.3, 0.4) is 0 Å². The smallest absolute Gasteiger partial charge is 0.270 e. The average Bonchev–Trinajstić information content (AvgIpc) is 2.89. The van der Waals surface area contributed by atoms with Crippen molar-refractivity contribution in [3.05, 3.63) is 131 Å². The van der Waals surface area contributed by atoms with Gasteiger partial charge in [0.15, 0.2) is 4.91 Å². The van der Waals surface area contributed by atoms with Gasteiger partial charge in [0.25, 0.3) is 10.0 Å². The Morgan fingerprint density at radius 1 is 0.806 bits per heavy atom. The van der Waals surface area contributed by atoms with Gasteiger partial charge in [0.05, 0.1) is 12.2 Å². The van der Waals surface area contributed by atoms with E-state index in [0.29, 0.717) is 28.4 Å². The molecule has 0 radical (unpaired) electrons. The fourth-order valence-corrected chi connectivity index (χ4v) is 5.47. The number of para-hydroxylation sites is 2. The summed E-state index contributed by atoms with van der Waals surface area (Å²) in [4.78, 5) is 12.9. The van der Waals surface area contributed by atoms with Crippen molar-refractivity contribution < 1.29 is 17.9 Å². The Kier molecular flexibility index (Phi) is 6.31. The molecule has 0 aliphatic carbocycles. The summed E-state index contributed by atoms with van der Waals surface area (Å²) in [6.07, 6.45) is 1.27. The second kappa shape index (κ2) is 9.71. The number of nitrogens with one attached hydrogen (secondary N) is 1. The van der Waals surface area contributed by atoms with Crippen molar-refractivity contribution in [1.82, 2.24) is 0 Å². The number of sulfonamides is 1. The summed E-state index contributed by atoms with van der Waals surface area (Å²) in [6.45, 7) is 2.10. The van der Waals surface area contributed by atoms with E-state index in [1.165, 1.54) is 10.5 Å². The minimum absolute atomic E-state index is 0.121. The largest absolute Gasteiger partial charge is 0.457 e. The van der Waals surface area contributed by atoms with E-state index < -0.39 is 15.8 Å². The summed E-state index contributed by atoms with van der Waals surface area (Å²) in [7, 11) is -4.10. The lowest BCUT2D eigenvalue weighted by atomic mass is 10.1. The molecule has 36 heavy (non-hydrogen) atoms. The average molecular weight is 497 g/mol. The number of rotatable bonds is 6. The van der Waals surface area contributed by atoms with Gasteiger partial charge in [-0.3, -0.25) is 9.10 Å². The first-order valence-corrected chi connectivity index (χ1v) is 12.9. The molecule has 0 fully saturated rings. The minimum Gasteiger partial charge on any atom is -0.457 e. The van der Waals surface area contributed by atoms with E-state index in [-0.39, 0.29) is 11.4 Å². The number of carbonyl (C=O) groups is 1. The van der Waals surface area contributed by atoms with Crippen LogP contribution < -0.4 is 14.4 Å². The molecule has 0 saturated heterocycles. The number of ether oxygens (including phenoxy) is 1. The number of fused-ring (bicyclic) bond motifs is 1. The van der Waals surface area contributed by atoms with E-state index in [9.17, 15) is 13.2 Å². The Morgan fingerprint density at radius 2 is 1.44 bits per heavy atom. The fourth-order valence-electron chi connectivity index (χ4n) is 3.94. The number of anilines is 2. The second-order valence-electron chi connectivity index (χ2n) is 8.44. The van der Waals surface area contributed by atoms with Crippen molar-refractivity contribution in [2.75, 3.05) is 9.62 Å². The topological polar surface area (TPSA) is 75.7 Å². The molecule has 1 heterocycles. The molecule has 0 atom stereocenters. The highest BCUT2D eigenvalue weighted by atomic mass is 32.2. The summed E-state index contributed by atoms with van der Waals surface area (Å²) in [5, 5.41) is 2.97. The highest BCUT2D eigenvalue weighted by Gasteiger charge is 2.40. The lowest BCUT2D eigenvalue weighted by Crippen LogP contribution is -2.39. The Bertz CT molecular complexity index is 1530. The lowest BCUT2D eigenvalue weighted by Gasteiger charge is -2.31. The number of aryl methyl sites for hydroxylation is 1. The third-order valence-corrected chi connectivity index (χ3v) is 7.62. The molecule has 0 aromatic heterocycles. The highest BCUT2D eigenvalue weighted by Crippen LogP contribution is 2.36. The van der Waals surface area contributed by atoms with Gasteiger partial charge in [0.1, 0.15) is 11.5 Å². The summed E-state index contributed by atoms with van der Waals surface area (Å²) in [6, 6.07) is 30.9. The first-order chi connectivity index (χ1) is 17.4. The molecular formula is C29H24N2O4S. The molecule has 5 rings (SSSR count). The van der Waals surface area contributed by atoms with Crippen LogP contribution in [0.5, 0.6) is 11.5 Å². The standard InChI is InChI=1S/C29H24N2O4S/c1-21-11-13-22(14-12-21)20-31-27-10-6-5-9-26(27)29(32)28(36(31,33)34)19-30-23-15-17-25(18-16-23)35-24-7-3-2-4-8-24/h2-19,30H,20H2,1H3. The molecule has 180 valence electrons. The van der Waals surface area contributed by atoms with Crippen molar-refractivity contribution in [3.63, 3.8) is 0 Å². The van der Waals surface area contributed by atoms with Crippen LogP contribution in [-0.2, 0) is 16.6 Å². The third-order valence-electron chi connectivity index (χ3n) is 5.86. The van der Waals surface area contributed by atoms with E-state index in [4.69, 9.17) is 4.74 Å². The molecule has 0 spiro atoms. The summed E-state index contributed by atoms with van der Waals surface area (Å²) in [5.41, 5.74) is 3.26. The van der Waals surface area contributed by atoms with E-state index >= 15 is 0 Å². The first kappa shape index (κ1) is 23.4. The molecule has 4 aromatic rings. The predicted octanol–water partition coefficient (Wildman–Crippen LogP) is 6.27. The van der Waals surface area contributed by atoms with Crippen LogP contribution >= 0.6 is 0 Å². The molecule has 1 aliphatic heterocycles. The van der Waals surface area contributed by atoms with Gasteiger partial charge in [-0.05, 0) is 61.0 Å². The van der Waals surface area contributed by atoms with Crippen LogP contribution in [0.2, 0.25) is 0 Å². The van der Waals surface area contributed by atoms with E-state index in [1.807, 2.05) is 61.5 Å². The summed E-state index contributed by atoms with van der Waals surface area (Å²) >= 11 is 0. The zero-order valence-electron chi connectivity index (χ0n) is 19.6. The summed E-state index contributed by atoms with van der Waals surface area (Å²) < 4.78 is 34.3. The van der Waals surface area contributed by atoms with Crippen LogP contribution in [0.1, 0.15) is 21.5 Å². The fraction of sp³-hybridized carbons (Fsp3) is 0.0690. The van der Waals surface area contributed by atoms with Crippen LogP contribution in [0.15, 0.2) is 114 Å². The molecule has 0 bridgehead atoms. The Hall–Kier alpha value is -4.36. The van der Waals surface area contributed by atoms with Crippen LogP contribution in [0.4, 0.5) is 11.4 Å². The molecule has 6 nitrogen and oxygen atoms in total. The Balaban J connectivity index is 1.42. The van der Waals surface area contributed by atoms with Crippen molar-refractivity contribution >= 4 is 27.2 Å². The number of carbonyl (C=O) groups excluding carboxylic acids is 1. The quantitative estimate of drug-likeness (QED) is 0.318. The van der Waals surface area contributed by atoms with E-state index in [1.54, 1.807) is 48.5 Å². The molecule has 0 saturated carbocycles. The normalized spacial score (nSPS) is 15.4. The van der Waals surface area contributed by atoms with Crippen molar-refractivity contribution in [1.29, 1.82) is 0 Å². The van der Waals surface area contributed by atoms with Crippen molar-refractivity contribution in [2.24, 2.45) is 0 Å². The van der Waals surface area contributed by atoms with Gasteiger partial charge in [-0.1, -0.05) is 60.2 Å². The van der Waals surface area contributed by atoms with Gasteiger partial charge < -0.3 is 10.1 Å². The van der Waals surface area contributed by atoms with E-state index in [0.717, 1.165) is 11.1 Å². The van der Waals surface area contributed by atoms with Crippen LogP contribution in [0.25, 0.3) is 0 Å². The lowest BCUT2D eigenvalue weighted by molar-refractivity contribution is 0.104. The Morgan fingerprint density at radius 3 is 2.17 bits per heavy atom. The van der Waals surface area contributed by atoms with Crippen molar-refractivity contribution in [2.45, 2.75) is 13.5 Å². The molecule has 1 aliphatic rings. The molecule has 1 N–H and O–H groups in total. The van der Waals surface area contributed by atoms with Gasteiger partial charge in [0.2, 0.25) is 5.78 Å². The minimum atomic E-state index is -4.10. The van der Waals surface area contributed by atoms with Crippen LogP contribution in [-0.4, -0.2) is 14.2 Å². The number of hydrogen-bond acceptors (Lipinski definition) is 5. The predicted molar refractivity (Wildman–Crippen MR) is 142 cm³/mol. The van der Waals surface area contributed by atoms with Gasteiger partial charge in [-0.25, -0.2) is 8.42 Å². The monoisotopic (exact) mass is 496 g/mol. The van der Waals surface area contributed by atoms with Gasteiger partial charge in [-0.2, -0.15) is 0 Å². The Labute approximate surface area is 210 Å². The highest BCUT2D eigenvalue weighted by molar-refractivity contribution is 7.97.